The van der Waals surface area contributed by atoms with E-state index in [0.29, 0.717) is 40.7 Å². The number of rotatable bonds is 10. The molecule has 0 fully saturated rings. The molecule has 0 bridgehead atoms. The Bertz CT molecular complexity index is 1220. The number of aryl methyl sites for hydroxylation is 1. The molecule has 0 aliphatic rings. The standard InChI is InChI=1S/C26H29F3N2O5/c1-16-13-21(17(2)31(16)19-8-10-20(11-9-19)36-26(27,28)29)22(32)15-30(3)14-18-7-12-23(33-4)25(35-6)24(18)34-5/h7-13H,14-15H2,1-6H3. The Morgan fingerprint density at radius 2 is 1.58 bits per heavy atom. The number of carbonyl (C=O) groups excluding carboxylic acids is 1. The van der Waals surface area contributed by atoms with Gasteiger partial charge in [0.2, 0.25) is 5.75 Å². The van der Waals surface area contributed by atoms with Crippen LogP contribution in [0.1, 0.15) is 27.3 Å². The minimum Gasteiger partial charge on any atom is -0.493 e. The molecule has 0 saturated heterocycles. The van der Waals surface area contributed by atoms with Crippen molar-refractivity contribution >= 4 is 5.78 Å². The molecule has 0 N–H and O–H groups in total. The molecule has 0 aliphatic carbocycles. The van der Waals surface area contributed by atoms with Crippen molar-refractivity contribution in [2.45, 2.75) is 26.8 Å². The highest BCUT2D eigenvalue weighted by Gasteiger charge is 2.31. The minimum absolute atomic E-state index is 0.0895. The molecule has 194 valence electrons. The fourth-order valence-corrected chi connectivity index (χ4v) is 4.20. The van der Waals surface area contributed by atoms with Crippen molar-refractivity contribution in [1.29, 1.82) is 0 Å². The lowest BCUT2D eigenvalue weighted by Gasteiger charge is -2.20. The Balaban J connectivity index is 1.78. The van der Waals surface area contributed by atoms with E-state index >= 15 is 0 Å². The Labute approximate surface area is 207 Å². The summed E-state index contributed by atoms with van der Waals surface area (Å²) in [5.74, 6) is 1.16. The van der Waals surface area contributed by atoms with Gasteiger partial charge in [0.15, 0.2) is 17.3 Å². The quantitative estimate of drug-likeness (QED) is 0.346. The van der Waals surface area contributed by atoms with E-state index in [2.05, 4.69) is 4.74 Å². The van der Waals surface area contributed by atoms with Crippen LogP contribution in [-0.4, -0.2) is 56.5 Å². The highest BCUT2D eigenvalue weighted by atomic mass is 19.4. The van der Waals surface area contributed by atoms with Crippen LogP contribution in [0.25, 0.3) is 5.69 Å². The fourth-order valence-electron chi connectivity index (χ4n) is 4.20. The lowest BCUT2D eigenvalue weighted by atomic mass is 10.1. The van der Waals surface area contributed by atoms with E-state index in [1.54, 1.807) is 33.3 Å². The lowest BCUT2D eigenvalue weighted by molar-refractivity contribution is -0.274. The number of hydrogen-bond acceptors (Lipinski definition) is 6. The topological polar surface area (TPSA) is 62.2 Å². The summed E-state index contributed by atoms with van der Waals surface area (Å²) in [7, 11) is 6.45. The Kier molecular flexibility index (Phi) is 8.19. The third kappa shape index (κ3) is 5.93. The summed E-state index contributed by atoms with van der Waals surface area (Å²) in [5.41, 5.74) is 3.47. The highest BCUT2D eigenvalue weighted by Crippen LogP contribution is 2.40. The summed E-state index contributed by atoms with van der Waals surface area (Å²) < 4.78 is 59.4. The molecule has 0 atom stereocenters. The number of ether oxygens (including phenoxy) is 4. The number of nitrogens with zero attached hydrogens (tertiary/aromatic N) is 2. The van der Waals surface area contributed by atoms with Crippen molar-refractivity contribution < 1.29 is 36.9 Å². The van der Waals surface area contributed by atoms with Crippen LogP contribution >= 0.6 is 0 Å². The van der Waals surface area contributed by atoms with Gasteiger partial charge >= 0.3 is 6.36 Å². The molecule has 0 aliphatic heterocycles. The smallest absolute Gasteiger partial charge is 0.493 e. The number of aromatic nitrogens is 1. The van der Waals surface area contributed by atoms with Crippen LogP contribution in [0.4, 0.5) is 13.2 Å². The summed E-state index contributed by atoms with van der Waals surface area (Å²) in [6, 6.07) is 10.9. The van der Waals surface area contributed by atoms with Gasteiger partial charge in [0.25, 0.3) is 0 Å². The molecule has 10 heteroatoms. The minimum atomic E-state index is -4.76. The van der Waals surface area contributed by atoms with Crippen LogP contribution in [0.5, 0.6) is 23.0 Å². The molecular weight excluding hydrogens is 477 g/mol. The number of benzene rings is 2. The average Bonchev–Trinajstić information content (AvgIpc) is 3.12. The van der Waals surface area contributed by atoms with Crippen LogP contribution in [0.2, 0.25) is 0 Å². The van der Waals surface area contributed by atoms with Crippen molar-refractivity contribution in [1.82, 2.24) is 9.47 Å². The van der Waals surface area contributed by atoms with Gasteiger partial charge in [-0.15, -0.1) is 13.2 Å². The van der Waals surface area contributed by atoms with E-state index in [4.69, 9.17) is 14.2 Å². The summed E-state index contributed by atoms with van der Waals surface area (Å²) in [4.78, 5) is 15.0. The molecule has 36 heavy (non-hydrogen) atoms. The zero-order valence-corrected chi connectivity index (χ0v) is 21.0. The van der Waals surface area contributed by atoms with E-state index in [0.717, 1.165) is 11.3 Å². The molecule has 0 radical (unpaired) electrons. The number of methoxy groups -OCH3 is 3. The fraction of sp³-hybridized carbons (Fsp3) is 0.346. The first-order valence-electron chi connectivity index (χ1n) is 11.0. The van der Waals surface area contributed by atoms with Gasteiger partial charge in [-0.05, 0) is 57.3 Å². The summed E-state index contributed by atoms with van der Waals surface area (Å²) in [6.07, 6.45) is -4.76. The van der Waals surface area contributed by atoms with Gasteiger partial charge in [0, 0.05) is 34.7 Å². The van der Waals surface area contributed by atoms with Crippen molar-refractivity contribution in [2.24, 2.45) is 0 Å². The first-order chi connectivity index (χ1) is 17.0. The van der Waals surface area contributed by atoms with Crippen molar-refractivity contribution in [3.63, 3.8) is 0 Å². The normalized spacial score (nSPS) is 11.5. The SMILES string of the molecule is COc1ccc(CN(C)CC(=O)c2cc(C)n(-c3ccc(OC(F)(F)F)cc3)c2C)c(OC)c1OC. The molecule has 0 saturated carbocycles. The van der Waals surface area contributed by atoms with E-state index < -0.39 is 6.36 Å². The van der Waals surface area contributed by atoms with E-state index in [1.165, 1.54) is 31.4 Å². The van der Waals surface area contributed by atoms with Crippen LogP contribution in [-0.2, 0) is 6.54 Å². The molecule has 7 nitrogen and oxygen atoms in total. The van der Waals surface area contributed by atoms with Gasteiger partial charge in [0.1, 0.15) is 5.75 Å². The van der Waals surface area contributed by atoms with Crippen LogP contribution in [0, 0.1) is 13.8 Å². The molecule has 3 rings (SSSR count). The maximum absolute atomic E-state index is 13.2. The molecule has 3 aromatic rings. The molecular formula is C26H29F3N2O5. The zero-order chi connectivity index (χ0) is 26.6. The number of ketones is 1. The second-order valence-corrected chi connectivity index (χ2v) is 8.25. The number of likely N-dealkylation sites (N-methyl/N-ethyl adjacent to an activating group) is 1. The van der Waals surface area contributed by atoms with Crippen LogP contribution in [0.15, 0.2) is 42.5 Å². The van der Waals surface area contributed by atoms with Crippen LogP contribution in [0.3, 0.4) is 0 Å². The van der Waals surface area contributed by atoms with Crippen molar-refractivity contribution in [3.05, 3.63) is 65.0 Å². The number of hydrogen-bond donors (Lipinski definition) is 0. The molecule has 2 aromatic carbocycles. The average molecular weight is 507 g/mol. The third-order valence-corrected chi connectivity index (χ3v) is 5.70. The van der Waals surface area contributed by atoms with Gasteiger partial charge in [-0.1, -0.05) is 6.07 Å². The van der Waals surface area contributed by atoms with Crippen molar-refractivity contribution in [2.75, 3.05) is 34.9 Å². The lowest BCUT2D eigenvalue weighted by Crippen LogP contribution is -2.26. The van der Waals surface area contributed by atoms with E-state index in [-0.39, 0.29) is 18.1 Å². The molecule has 1 heterocycles. The molecule has 0 amide bonds. The van der Waals surface area contributed by atoms with Crippen molar-refractivity contribution in [3.8, 4) is 28.7 Å². The second-order valence-electron chi connectivity index (χ2n) is 8.25. The first-order valence-corrected chi connectivity index (χ1v) is 11.0. The number of halogens is 3. The summed E-state index contributed by atoms with van der Waals surface area (Å²) >= 11 is 0. The predicted molar refractivity (Wildman–Crippen MR) is 129 cm³/mol. The maximum Gasteiger partial charge on any atom is 0.573 e. The van der Waals surface area contributed by atoms with Gasteiger partial charge in [0.05, 0.1) is 27.9 Å². The number of alkyl halides is 3. The Morgan fingerprint density at radius 3 is 2.14 bits per heavy atom. The first kappa shape index (κ1) is 26.9. The van der Waals surface area contributed by atoms with E-state index in [1.807, 2.05) is 29.5 Å². The highest BCUT2D eigenvalue weighted by molar-refractivity contribution is 5.99. The predicted octanol–water partition coefficient (Wildman–Crippen LogP) is 5.33. The number of Topliss-reactive ketones (excluding diaryl/α,β-unsaturated/α-hetero) is 1. The maximum atomic E-state index is 13.2. The Morgan fingerprint density at radius 1 is 0.944 bits per heavy atom. The number of carbonyl (C=O) groups is 1. The molecule has 1 aromatic heterocycles. The zero-order valence-electron chi connectivity index (χ0n) is 21.0. The van der Waals surface area contributed by atoms with Gasteiger partial charge in [-0.25, -0.2) is 0 Å². The van der Waals surface area contributed by atoms with Gasteiger partial charge in [-0.3, -0.25) is 9.69 Å². The summed E-state index contributed by atoms with van der Waals surface area (Å²) in [5, 5.41) is 0. The second kappa shape index (κ2) is 10.9. The third-order valence-electron chi connectivity index (χ3n) is 5.70. The largest absolute Gasteiger partial charge is 0.573 e. The van der Waals surface area contributed by atoms with Gasteiger partial charge < -0.3 is 23.5 Å². The van der Waals surface area contributed by atoms with Gasteiger partial charge in [-0.2, -0.15) is 0 Å². The monoisotopic (exact) mass is 506 g/mol. The molecule has 0 spiro atoms. The Hall–Kier alpha value is -3.66. The summed E-state index contributed by atoms with van der Waals surface area (Å²) in [6.45, 7) is 4.20. The molecule has 0 unspecified atom stereocenters. The van der Waals surface area contributed by atoms with Crippen LogP contribution < -0.4 is 18.9 Å². The van der Waals surface area contributed by atoms with E-state index in [9.17, 15) is 18.0 Å².